The molecule has 0 atom stereocenters. The quantitative estimate of drug-likeness (QED) is 0.643. The van der Waals surface area contributed by atoms with Crippen LogP contribution in [0.3, 0.4) is 0 Å². The zero-order valence-corrected chi connectivity index (χ0v) is 16.5. The van der Waals surface area contributed by atoms with E-state index in [1.54, 1.807) is 20.8 Å². The monoisotopic (exact) mass is 408 g/mol. The molecule has 0 aliphatic carbocycles. The molecule has 0 unspecified atom stereocenters. The van der Waals surface area contributed by atoms with Gasteiger partial charge in [-0.3, -0.25) is 4.79 Å². The van der Waals surface area contributed by atoms with Crippen LogP contribution in [0.4, 0.5) is 13.8 Å². The highest BCUT2D eigenvalue weighted by atomic mass is 32.1. The molecular weight excluding hydrogens is 390 g/mol. The van der Waals surface area contributed by atoms with Gasteiger partial charge in [0, 0.05) is 10.6 Å². The SMILES string of the molecule is CCOC(=O)c1c(NC(=O)c2cnn3c(C(F)F)cc(C)nc23)sc(C)c1C. The molecule has 3 rings (SSSR count). The van der Waals surface area contributed by atoms with E-state index in [-0.39, 0.29) is 29.1 Å². The van der Waals surface area contributed by atoms with E-state index in [4.69, 9.17) is 4.74 Å². The summed E-state index contributed by atoms with van der Waals surface area (Å²) in [5.41, 5.74) is 1.04. The third-order valence-electron chi connectivity index (χ3n) is 4.19. The van der Waals surface area contributed by atoms with Crippen molar-refractivity contribution in [3.05, 3.63) is 45.2 Å². The Balaban J connectivity index is 2.01. The molecular formula is C18H18F2N4O3S. The molecule has 7 nitrogen and oxygen atoms in total. The summed E-state index contributed by atoms with van der Waals surface area (Å²) in [6.45, 7) is 7.05. The van der Waals surface area contributed by atoms with E-state index in [2.05, 4.69) is 15.4 Å². The van der Waals surface area contributed by atoms with Crippen molar-refractivity contribution < 1.29 is 23.1 Å². The van der Waals surface area contributed by atoms with Crippen LogP contribution in [0.1, 0.15) is 55.9 Å². The number of fused-ring (bicyclic) bond motifs is 1. The van der Waals surface area contributed by atoms with E-state index < -0.39 is 18.3 Å². The Hall–Kier alpha value is -2.88. The smallest absolute Gasteiger partial charge is 0.341 e. The molecule has 148 valence electrons. The van der Waals surface area contributed by atoms with Gasteiger partial charge in [-0.2, -0.15) is 5.10 Å². The first kappa shape index (κ1) is 19.9. The van der Waals surface area contributed by atoms with Gasteiger partial charge in [0.1, 0.15) is 16.3 Å². The van der Waals surface area contributed by atoms with Crippen LogP contribution in [-0.4, -0.2) is 33.1 Å². The second kappa shape index (κ2) is 7.63. The summed E-state index contributed by atoms with van der Waals surface area (Å²) in [7, 11) is 0. The third kappa shape index (κ3) is 3.47. The van der Waals surface area contributed by atoms with Gasteiger partial charge in [-0.25, -0.2) is 23.1 Å². The Morgan fingerprint density at radius 1 is 1.32 bits per heavy atom. The Bertz CT molecular complexity index is 1070. The van der Waals surface area contributed by atoms with Crippen molar-refractivity contribution >= 4 is 33.9 Å². The largest absolute Gasteiger partial charge is 0.462 e. The molecule has 3 heterocycles. The summed E-state index contributed by atoms with van der Waals surface area (Å²) >= 11 is 1.24. The van der Waals surface area contributed by atoms with Crippen molar-refractivity contribution in [2.75, 3.05) is 11.9 Å². The fourth-order valence-corrected chi connectivity index (χ4v) is 3.81. The van der Waals surface area contributed by atoms with Crippen molar-refractivity contribution in [1.29, 1.82) is 0 Å². The van der Waals surface area contributed by atoms with Crippen LogP contribution in [-0.2, 0) is 4.74 Å². The van der Waals surface area contributed by atoms with E-state index in [9.17, 15) is 18.4 Å². The first-order valence-electron chi connectivity index (χ1n) is 8.46. The summed E-state index contributed by atoms with van der Waals surface area (Å²) in [5.74, 6) is -1.13. The average Bonchev–Trinajstić information content (AvgIpc) is 3.15. The maximum atomic E-state index is 13.3. The van der Waals surface area contributed by atoms with Crippen molar-refractivity contribution in [2.45, 2.75) is 34.1 Å². The van der Waals surface area contributed by atoms with Gasteiger partial charge in [0.25, 0.3) is 12.3 Å². The molecule has 3 aromatic heterocycles. The minimum atomic E-state index is -2.77. The first-order valence-corrected chi connectivity index (χ1v) is 9.28. The highest BCUT2D eigenvalue weighted by Crippen LogP contribution is 2.33. The molecule has 28 heavy (non-hydrogen) atoms. The van der Waals surface area contributed by atoms with Gasteiger partial charge >= 0.3 is 5.97 Å². The first-order chi connectivity index (χ1) is 13.2. The van der Waals surface area contributed by atoms with E-state index in [0.717, 1.165) is 9.39 Å². The molecule has 1 N–H and O–H groups in total. The molecule has 0 saturated carbocycles. The maximum absolute atomic E-state index is 13.3. The van der Waals surface area contributed by atoms with Crippen molar-refractivity contribution in [3.8, 4) is 0 Å². The van der Waals surface area contributed by atoms with Gasteiger partial charge in [-0.1, -0.05) is 0 Å². The second-order valence-corrected chi connectivity index (χ2v) is 7.30. The predicted octanol–water partition coefficient (Wildman–Crippen LogP) is 4.08. The van der Waals surface area contributed by atoms with Crippen LogP contribution in [0.25, 0.3) is 5.65 Å². The molecule has 0 aliphatic heterocycles. The van der Waals surface area contributed by atoms with Gasteiger partial charge < -0.3 is 10.1 Å². The Labute approximate surface area is 163 Å². The number of esters is 1. The molecule has 0 fully saturated rings. The van der Waals surface area contributed by atoms with Gasteiger partial charge in [0.05, 0.1) is 18.4 Å². The lowest BCUT2D eigenvalue weighted by molar-refractivity contribution is 0.0527. The Morgan fingerprint density at radius 3 is 2.68 bits per heavy atom. The minimum Gasteiger partial charge on any atom is -0.462 e. The third-order valence-corrected chi connectivity index (χ3v) is 5.31. The highest BCUT2D eigenvalue weighted by Gasteiger charge is 2.25. The van der Waals surface area contributed by atoms with Gasteiger partial charge in [0.15, 0.2) is 5.65 Å². The normalized spacial score (nSPS) is 11.2. The van der Waals surface area contributed by atoms with E-state index >= 15 is 0 Å². The van der Waals surface area contributed by atoms with Crippen molar-refractivity contribution in [1.82, 2.24) is 14.6 Å². The molecule has 0 aliphatic rings. The lowest BCUT2D eigenvalue weighted by Gasteiger charge is -2.07. The molecule has 3 aromatic rings. The number of thiophene rings is 1. The number of alkyl halides is 2. The van der Waals surface area contributed by atoms with Crippen molar-refractivity contribution in [3.63, 3.8) is 0 Å². The molecule has 0 radical (unpaired) electrons. The molecule has 1 amide bonds. The lowest BCUT2D eigenvalue weighted by atomic mass is 10.1. The van der Waals surface area contributed by atoms with E-state index in [1.165, 1.54) is 23.6 Å². The van der Waals surface area contributed by atoms with Crippen LogP contribution in [0, 0.1) is 20.8 Å². The summed E-state index contributed by atoms with van der Waals surface area (Å²) in [6.07, 6.45) is -1.58. The van der Waals surface area contributed by atoms with E-state index in [1.807, 2.05) is 6.92 Å². The van der Waals surface area contributed by atoms with Gasteiger partial charge in [-0.15, -0.1) is 11.3 Å². The molecule has 10 heteroatoms. The number of halogens is 2. The number of aromatic nitrogens is 3. The second-order valence-electron chi connectivity index (χ2n) is 6.08. The number of hydrogen-bond acceptors (Lipinski definition) is 6. The number of aryl methyl sites for hydroxylation is 2. The standard InChI is InChI=1S/C18H18F2N4O3S/c1-5-27-18(26)13-9(3)10(4)28-17(13)23-16(25)11-7-21-24-12(14(19)20)6-8(2)22-15(11)24/h6-7,14H,5H2,1-4H3,(H,23,25). The maximum Gasteiger partial charge on any atom is 0.341 e. The number of anilines is 1. The summed E-state index contributed by atoms with van der Waals surface area (Å²) < 4.78 is 32.5. The zero-order chi connectivity index (χ0) is 20.6. The summed E-state index contributed by atoms with van der Waals surface area (Å²) in [6, 6.07) is 1.22. The topological polar surface area (TPSA) is 85.6 Å². The van der Waals surface area contributed by atoms with Crippen LogP contribution in [0.5, 0.6) is 0 Å². The van der Waals surface area contributed by atoms with Crippen molar-refractivity contribution in [2.24, 2.45) is 0 Å². The number of nitrogens with zero attached hydrogens (tertiary/aromatic N) is 3. The van der Waals surface area contributed by atoms with Gasteiger partial charge in [-0.05, 0) is 39.3 Å². The highest BCUT2D eigenvalue weighted by molar-refractivity contribution is 7.16. The van der Waals surface area contributed by atoms with Crippen LogP contribution in [0.2, 0.25) is 0 Å². The molecule has 0 bridgehead atoms. The number of hydrogen-bond donors (Lipinski definition) is 1. The number of carbonyl (C=O) groups is 2. The fraction of sp³-hybridized carbons (Fsp3) is 0.333. The lowest BCUT2D eigenvalue weighted by Crippen LogP contribution is -2.15. The van der Waals surface area contributed by atoms with Crippen LogP contribution < -0.4 is 5.32 Å². The number of nitrogens with one attached hydrogen (secondary N) is 1. The summed E-state index contributed by atoms with van der Waals surface area (Å²) in [4.78, 5) is 30.1. The minimum absolute atomic E-state index is 0.0236. The Morgan fingerprint density at radius 2 is 2.04 bits per heavy atom. The van der Waals surface area contributed by atoms with Crippen LogP contribution in [0.15, 0.2) is 12.3 Å². The number of rotatable bonds is 5. The number of carbonyl (C=O) groups excluding carboxylic acids is 2. The Kier molecular flexibility index (Phi) is 5.41. The van der Waals surface area contributed by atoms with Gasteiger partial charge in [0.2, 0.25) is 0 Å². The number of ether oxygens (including phenoxy) is 1. The summed E-state index contributed by atoms with van der Waals surface area (Å²) in [5, 5.41) is 6.88. The van der Waals surface area contributed by atoms with Crippen LogP contribution >= 0.6 is 11.3 Å². The number of amides is 1. The molecule has 0 spiro atoms. The predicted molar refractivity (Wildman–Crippen MR) is 100 cm³/mol. The molecule has 0 saturated heterocycles. The fourth-order valence-electron chi connectivity index (χ4n) is 2.76. The average molecular weight is 408 g/mol. The molecule has 0 aromatic carbocycles. The zero-order valence-electron chi connectivity index (χ0n) is 15.7. The van der Waals surface area contributed by atoms with E-state index in [0.29, 0.717) is 16.3 Å².